The Morgan fingerprint density at radius 2 is 2.22 bits per heavy atom. The van der Waals surface area contributed by atoms with Gasteiger partial charge < -0.3 is 5.32 Å². The molecular weight excluding hydrogens is 230 g/mol. The molecule has 5 nitrogen and oxygen atoms in total. The normalized spacial score (nSPS) is 14.8. The van der Waals surface area contributed by atoms with Crippen LogP contribution in [0.5, 0.6) is 0 Å². The van der Waals surface area contributed by atoms with E-state index in [0.29, 0.717) is 6.04 Å². The van der Waals surface area contributed by atoms with Crippen LogP contribution in [-0.4, -0.2) is 29.5 Å². The summed E-state index contributed by atoms with van der Waals surface area (Å²) in [7, 11) is 1.85. The van der Waals surface area contributed by atoms with Crippen LogP contribution in [0.2, 0.25) is 0 Å². The fourth-order valence-corrected chi connectivity index (χ4v) is 2.23. The molecule has 0 aromatic heterocycles. The minimum Gasteiger partial charge on any atom is -0.388 e. The van der Waals surface area contributed by atoms with Crippen LogP contribution in [0.4, 0.5) is 11.4 Å². The van der Waals surface area contributed by atoms with Gasteiger partial charge in [-0.2, -0.15) is 0 Å². The molecule has 0 bridgehead atoms. The molecule has 1 aromatic carbocycles. The van der Waals surface area contributed by atoms with Crippen molar-refractivity contribution in [3.8, 4) is 0 Å². The van der Waals surface area contributed by atoms with Gasteiger partial charge in [0.05, 0.1) is 4.92 Å². The largest absolute Gasteiger partial charge is 0.388 e. The van der Waals surface area contributed by atoms with Crippen LogP contribution < -0.4 is 5.32 Å². The van der Waals surface area contributed by atoms with E-state index in [-0.39, 0.29) is 10.6 Å². The molecule has 0 aliphatic heterocycles. The average Bonchev–Trinajstić information content (AvgIpc) is 3.19. The fraction of sp³-hybridized carbons (Fsp3) is 0.538. The summed E-state index contributed by atoms with van der Waals surface area (Å²) in [5, 5.41) is 13.9. The van der Waals surface area contributed by atoms with E-state index in [0.717, 1.165) is 24.3 Å². The fourth-order valence-electron chi connectivity index (χ4n) is 2.23. The molecule has 0 atom stereocenters. The van der Waals surface area contributed by atoms with Crippen molar-refractivity contribution in [1.82, 2.24) is 4.90 Å². The quantitative estimate of drug-likeness (QED) is 0.622. The van der Waals surface area contributed by atoms with Crippen LogP contribution in [0.15, 0.2) is 18.2 Å². The zero-order chi connectivity index (χ0) is 13.1. The number of rotatable bonds is 6. The van der Waals surface area contributed by atoms with Gasteiger partial charge >= 0.3 is 0 Å². The maximum absolute atomic E-state index is 10.8. The molecule has 5 heteroatoms. The highest BCUT2D eigenvalue weighted by Crippen LogP contribution is 2.30. The topological polar surface area (TPSA) is 58.4 Å². The first-order valence-corrected chi connectivity index (χ1v) is 6.34. The number of benzene rings is 1. The first-order valence-electron chi connectivity index (χ1n) is 6.34. The van der Waals surface area contributed by atoms with Crippen LogP contribution in [-0.2, 0) is 6.54 Å². The van der Waals surface area contributed by atoms with E-state index in [9.17, 15) is 10.1 Å². The summed E-state index contributed by atoms with van der Waals surface area (Å²) in [4.78, 5) is 12.9. The van der Waals surface area contributed by atoms with Gasteiger partial charge in [-0.1, -0.05) is 6.92 Å². The zero-order valence-corrected chi connectivity index (χ0v) is 10.8. The Balaban J connectivity index is 2.22. The maximum atomic E-state index is 10.8. The van der Waals surface area contributed by atoms with Gasteiger partial charge in [-0.25, -0.2) is 0 Å². The summed E-state index contributed by atoms with van der Waals surface area (Å²) in [6, 6.07) is 5.67. The molecule has 18 heavy (non-hydrogen) atoms. The Hall–Kier alpha value is -1.62. The SMILES string of the molecule is CCN(Cc1cc([N+](=O)[O-])ccc1NC)C1CC1. The van der Waals surface area contributed by atoms with E-state index < -0.39 is 0 Å². The summed E-state index contributed by atoms with van der Waals surface area (Å²) in [5.41, 5.74) is 2.14. The van der Waals surface area contributed by atoms with Crippen LogP contribution in [0.25, 0.3) is 0 Å². The summed E-state index contributed by atoms with van der Waals surface area (Å²) in [5.74, 6) is 0. The molecule has 1 aliphatic carbocycles. The van der Waals surface area contributed by atoms with Crippen LogP contribution >= 0.6 is 0 Å². The molecule has 0 radical (unpaired) electrons. The second kappa shape index (κ2) is 5.35. The van der Waals surface area contributed by atoms with Gasteiger partial charge in [-0.15, -0.1) is 0 Å². The second-order valence-electron chi connectivity index (χ2n) is 4.64. The molecule has 0 heterocycles. The lowest BCUT2D eigenvalue weighted by Crippen LogP contribution is -2.25. The van der Waals surface area contributed by atoms with Crippen LogP contribution in [0.3, 0.4) is 0 Å². The highest BCUT2D eigenvalue weighted by atomic mass is 16.6. The van der Waals surface area contributed by atoms with Crippen molar-refractivity contribution in [1.29, 1.82) is 0 Å². The molecule has 1 saturated carbocycles. The number of nitrogens with zero attached hydrogens (tertiary/aromatic N) is 2. The number of nitro benzene ring substituents is 1. The van der Waals surface area contributed by atoms with Crippen molar-refractivity contribution in [2.45, 2.75) is 32.4 Å². The van der Waals surface area contributed by atoms with Gasteiger partial charge in [0.25, 0.3) is 5.69 Å². The van der Waals surface area contributed by atoms with Gasteiger partial charge in [-0.05, 0) is 31.0 Å². The van der Waals surface area contributed by atoms with E-state index in [1.807, 2.05) is 7.05 Å². The smallest absolute Gasteiger partial charge is 0.269 e. The summed E-state index contributed by atoms with van der Waals surface area (Å²) >= 11 is 0. The third-order valence-electron chi connectivity index (χ3n) is 3.41. The standard InChI is InChI=1S/C13H19N3O2/c1-3-15(11-4-5-11)9-10-8-12(16(17)18)6-7-13(10)14-2/h6-8,11,14H,3-5,9H2,1-2H3. The van der Waals surface area contributed by atoms with E-state index in [4.69, 9.17) is 0 Å². The maximum Gasteiger partial charge on any atom is 0.269 e. The first-order chi connectivity index (χ1) is 8.65. The molecular formula is C13H19N3O2. The van der Waals surface area contributed by atoms with Gasteiger partial charge in [0.1, 0.15) is 0 Å². The van der Waals surface area contributed by atoms with Crippen molar-refractivity contribution in [3.05, 3.63) is 33.9 Å². The predicted octanol–water partition coefficient (Wildman–Crippen LogP) is 2.62. The molecule has 98 valence electrons. The van der Waals surface area contributed by atoms with Crippen LogP contribution in [0, 0.1) is 10.1 Å². The molecule has 2 rings (SSSR count). The van der Waals surface area contributed by atoms with Gasteiger partial charge in [0, 0.05) is 37.5 Å². The van der Waals surface area contributed by atoms with E-state index in [1.165, 1.54) is 12.8 Å². The minimum atomic E-state index is -0.337. The zero-order valence-electron chi connectivity index (χ0n) is 10.8. The van der Waals surface area contributed by atoms with E-state index in [1.54, 1.807) is 18.2 Å². The van der Waals surface area contributed by atoms with Crippen LogP contribution in [0.1, 0.15) is 25.3 Å². The van der Waals surface area contributed by atoms with Crippen molar-refractivity contribution >= 4 is 11.4 Å². The summed E-state index contributed by atoms with van der Waals surface area (Å²) in [6.07, 6.45) is 2.50. The van der Waals surface area contributed by atoms with Crippen molar-refractivity contribution in [2.75, 3.05) is 18.9 Å². The van der Waals surface area contributed by atoms with Crippen molar-refractivity contribution < 1.29 is 4.92 Å². The molecule has 1 fully saturated rings. The lowest BCUT2D eigenvalue weighted by molar-refractivity contribution is -0.384. The van der Waals surface area contributed by atoms with Gasteiger partial charge in [0.15, 0.2) is 0 Å². The summed E-state index contributed by atoms with van der Waals surface area (Å²) in [6.45, 7) is 3.89. The number of anilines is 1. The number of nitrogens with one attached hydrogen (secondary N) is 1. The van der Waals surface area contributed by atoms with Crippen molar-refractivity contribution in [2.24, 2.45) is 0 Å². The molecule has 0 amide bonds. The van der Waals surface area contributed by atoms with E-state index in [2.05, 4.69) is 17.1 Å². The molecule has 0 spiro atoms. The first kappa shape index (κ1) is 12.8. The Morgan fingerprint density at radius 3 is 2.72 bits per heavy atom. The average molecular weight is 249 g/mol. The molecule has 1 N–H and O–H groups in total. The van der Waals surface area contributed by atoms with Crippen molar-refractivity contribution in [3.63, 3.8) is 0 Å². The Labute approximate surface area is 107 Å². The summed E-state index contributed by atoms with van der Waals surface area (Å²) < 4.78 is 0. The van der Waals surface area contributed by atoms with Gasteiger partial charge in [-0.3, -0.25) is 15.0 Å². The monoisotopic (exact) mass is 249 g/mol. The lowest BCUT2D eigenvalue weighted by atomic mass is 10.1. The number of hydrogen-bond donors (Lipinski definition) is 1. The molecule has 0 saturated heterocycles. The Bertz CT molecular complexity index is 444. The van der Waals surface area contributed by atoms with Gasteiger partial charge in [0.2, 0.25) is 0 Å². The molecule has 0 unspecified atom stereocenters. The van der Waals surface area contributed by atoms with E-state index >= 15 is 0 Å². The Kier molecular flexibility index (Phi) is 3.81. The molecule has 1 aliphatic rings. The predicted molar refractivity (Wildman–Crippen MR) is 71.7 cm³/mol. The number of non-ortho nitro benzene ring substituents is 1. The third-order valence-corrected chi connectivity index (χ3v) is 3.41. The number of nitro groups is 1. The third kappa shape index (κ3) is 2.79. The number of hydrogen-bond acceptors (Lipinski definition) is 4. The highest BCUT2D eigenvalue weighted by molar-refractivity contribution is 5.55. The Morgan fingerprint density at radius 1 is 1.50 bits per heavy atom. The highest BCUT2D eigenvalue weighted by Gasteiger charge is 2.28. The molecule has 1 aromatic rings. The lowest BCUT2D eigenvalue weighted by Gasteiger charge is -2.21. The minimum absolute atomic E-state index is 0.163. The second-order valence-corrected chi connectivity index (χ2v) is 4.64.